The molecule has 0 atom stereocenters. The minimum absolute atomic E-state index is 0.159. The van der Waals surface area contributed by atoms with Crippen molar-refractivity contribution in [1.29, 1.82) is 5.26 Å². The van der Waals surface area contributed by atoms with Crippen molar-refractivity contribution in [3.63, 3.8) is 0 Å². The molecule has 0 amide bonds. The second kappa shape index (κ2) is 4.93. The van der Waals surface area contributed by atoms with Gasteiger partial charge in [-0.05, 0) is 30.0 Å². The third-order valence-electron chi connectivity index (χ3n) is 2.26. The van der Waals surface area contributed by atoms with Crippen molar-refractivity contribution in [2.75, 3.05) is 11.6 Å². The van der Waals surface area contributed by atoms with Gasteiger partial charge in [0.2, 0.25) is 5.16 Å². The third kappa shape index (κ3) is 2.62. The molecule has 2 aromatic rings. The highest BCUT2D eigenvalue weighted by molar-refractivity contribution is 7.99. The number of hydrogen-bond acceptors (Lipinski definition) is 6. The molecule has 1 aromatic heterocycles. The molecule has 0 bridgehead atoms. The Hall–Kier alpha value is -2.41. The molecule has 2 rings (SSSR count). The molecule has 10 heteroatoms. The first-order valence-electron chi connectivity index (χ1n) is 5.08. The summed E-state index contributed by atoms with van der Waals surface area (Å²) < 4.78 is 37.9. The summed E-state index contributed by atoms with van der Waals surface area (Å²) in [4.78, 5) is 0.428. The monoisotopic (exact) mass is 300 g/mol. The van der Waals surface area contributed by atoms with Crippen LogP contribution in [0.1, 0.15) is 11.4 Å². The van der Waals surface area contributed by atoms with Gasteiger partial charge in [0.05, 0.1) is 11.6 Å². The van der Waals surface area contributed by atoms with Crippen molar-refractivity contribution in [3.05, 3.63) is 29.6 Å². The van der Waals surface area contributed by atoms with Crippen LogP contribution in [-0.4, -0.2) is 14.9 Å². The largest absolute Gasteiger partial charge is 0.453 e. The van der Waals surface area contributed by atoms with Gasteiger partial charge in [-0.25, -0.2) is 4.68 Å². The molecular weight excluding hydrogens is 293 g/mol. The standard InChI is InChI=1S/C10H7F3N6S/c11-10(12,13)8-17-18-9(19(8)16)20-7-2-1-5(4-14)3-6(7)15/h1-3H,15-16H2. The lowest BCUT2D eigenvalue weighted by molar-refractivity contribution is -0.146. The van der Waals surface area contributed by atoms with Gasteiger partial charge in [-0.1, -0.05) is 0 Å². The summed E-state index contributed by atoms with van der Waals surface area (Å²) in [7, 11) is 0. The average molecular weight is 300 g/mol. The quantitative estimate of drug-likeness (QED) is 0.644. The Morgan fingerprint density at radius 3 is 2.50 bits per heavy atom. The molecule has 0 radical (unpaired) electrons. The van der Waals surface area contributed by atoms with Crippen LogP contribution < -0.4 is 11.6 Å². The van der Waals surface area contributed by atoms with Gasteiger partial charge < -0.3 is 11.6 Å². The summed E-state index contributed by atoms with van der Waals surface area (Å²) in [6.07, 6.45) is -4.68. The van der Waals surface area contributed by atoms with Crippen LogP contribution in [0.25, 0.3) is 0 Å². The molecule has 0 fully saturated rings. The molecule has 1 heterocycles. The van der Waals surface area contributed by atoms with Crippen LogP contribution in [0.15, 0.2) is 28.3 Å². The van der Waals surface area contributed by atoms with Crippen LogP contribution in [0.5, 0.6) is 0 Å². The first kappa shape index (κ1) is 14.0. The van der Waals surface area contributed by atoms with Crippen molar-refractivity contribution in [2.24, 2.45) is 0 Å². The minimum Gasteiger partial charge on any atom is -0.398 e. The molecular formula is C10H7F3N6S. The zero-order chi connectivity index (χ0) is 14.9. The summed E-state index contributed by atoms with van der Waals surface area (Å²) in [5, 5.41) is 14.9. The molecule has 0 unspecified atom stereocenters. The van der Waals surface area contributed by atoms with Crippen LogP contribution >= 0.6 is 11.8 Å². The Balaban J connectivity index is 2.32. The van der Waals surface area contributed by atoms with Crippen molar-refractivity contribution in [2.45, 2.75) is 16.2 Å². The van der Waals surface area contributed by atoms with Crippen LogP contribution in [0, 0.1) is 11.3 Å². The number of anilines is 1. The van der Waals surface area contributed by atoms with Gasteiger partial charge in [-0.2, -0.15) is 18.4 Å². The average Bonchev–Trinajstić information content (AvgIpc) is 2.73. The number of aromatic nitrogens is 3. The molecule has 4 N–H and O–H groups in total. The van der Waals surface area contributed by atoms with Crippen LogP contribution in [-0.2, 0) is 6.18 Å². The highest BCUT2D eigenvalue weighted by Gasteiger charge is 2.38. The van der Waals surface area contributed by atoms with E-state index in [0.717, 1.165) is 11.8 Å². The molecule has 0 aliphatic heterocycles. The summed E-state index contributed by atoms with van der Waals surface area (Å²) in [6.45, 7) is 0. The predicted octanol–water partition coefficient (Wildman–Crippen LogP) is 1.62. The Morgan fingerprint density at radius 1 is 1.30 bits per heavy atom. The molecule has 20 heavy (non-hydrogen) atoms. The fraction of sp³-hybridized carbons (Fsp3) is 0.100. The molecule has 0 aliphatic carbocycles. The van der Waals surface area contributed by atoms with E-state index in [9.17, 15) is 13.2 Å². The number of nitrogen functional groups attached to an aromatic ring is 2. The van der Waals surface area contributed by atoms with Crippen molar-refractivity contribution in [1.82, 2.24) is 14.9 Å². The van der Waals surface area contributed by atoms with Gasteiger partial charge in [-0.15, -0.1) is 10.2 Å². The summed E-state index contributed by atoms with van der Waals surface area (Å²) in [5.41, 5.74) is 6.28. The van der Waals surface area contributed by atoms with Gasteiger partial charge in [-0.3, -0.25) is 0 Å². The maximum atomic E-state index is 12.5. The summed E-state index contributed by atoms with van der Waals surface area (Å²) >= 11 is 0.827. The van der Waals surface area contributed by atoms with Crippen LogP contribution in [0.4, 0.5) is 18.9 Å². The van der Waals surface area contributed by atoms with E-state index in [4.69, 9.17) is 16.8 Å². The Morgan fingerprint density at radius 2 is 2.00 bits per heavy atom. The van der Waals surface area contributed by atoms with E-state index in [1.807, 2.05) is 6.07 Å². The molecule has 104 valence electrons. The Labute approximate surface area is 115 Å². The molecule has 0 saturated heterocycles. The lowest BCUT2D eigenvalue weighted by atomic mass is 10.2. The van der Waals surface area contributed by atoms with Gasteiger partial charge >= 0.3 is 6.18 Å². The maximum absolute atomic E-state index is 12.5. The number of rotatable bonds is 2. The first-order chi connectivity index (χ1) is 9.32. The summed E-state index contributed by atoms with van der Waals surface area (Å²) in [5.74, 6) is 4.00. The van der Waals surface area contributed by atoms with Gasteiger partial charge in [0, 0.05) is 10.6 Å². The number of hydrogen-bond donors (Lipinski definition) is 2. The topological polar surface area (TPSA) is 107 Å². The first-order valence-corrected chi connectivity index (χ1v) is 5.89. The molecule has 6 nitrogen and oxygen atoms in total. The third-order valence-corrected chi connectivity index (χ3v) is 3.31. The number of alkyl halides is 3. The van der Waals surface area contributed by atoms with E-state index >= 15 is 0 Å². The van der Waals surface area contributed by atoms with E-state index < -0.39 is 12.0 Å². The number of nitriles is 1. The van der Waals surface area contributed by atoms with Gasteiger partial charge in [0.1, 0.15) is 0 Å². The van der Waals surface area contributed by atoms with E-state index in [0.29, 0.717) is 15.1 Å². The van der Waals surface area contributed by atoms with Crippen LogP contribution in [0.3, 0.4) is 0 Å². The van der Waals surface area contributed by atoms with E-state index in [2.05, 4.69) is 10.2 Å². The molecule has 1 aromatic carbocycles. The normalized spacial score (nSPS) is 11.3. The highest BCUT2D eigenvalue weighted by Crippen LogP contribution is 2.34. The van der Waals surface area contributed by atoms with Crippen molar-refractivity contribution < 1.29 is 13.2 Å². The van der Waals surface area contributed by atoms with Gasteiger partial charge in [0.25, 0.3) is 5.82 Å². The number of nitrogens with zero attached hydrogens (tertiary/aromatic N) is 4. The van der Waals surface area contributed by atoms with Crippen molar-refractivity contribution in [3.8, 4) is 6.07 Å². The Bertz CT molecular complexity index is 687. The highest BCUT2D eigenvalue weighted by atomic mass is 32.2. The smallest absolute Gasteiger partial charge is 0.398 e. The van der Waals surface area contributed by atoms with E-state index in [1.165, 1.54) is 18.2 Å². The maximum Gasteiger partial charge on any atom is 0.453 e. The molecule has 0 spiro atoms. The SMILES string of the molecule is N#Cc1ccc(Sc2nnc(C(F)(F)F)n2N)c(N)c1. The number of benzene rings is 1. The lowest BCUT2D eigenvalue weighted by Crippen LogP contribution is -2.21. The zero-order valence-electron chi connectivity index (χ0n) is 9.72. The molecule has 0 aliphatic rings. The van der Waals surface area contributed by atoms with Gasteiger partial charge in [0.15, 0.2) is 0 Å². The number of halogens is 3. The second-order valence-electron chi connectivity index (χ2n) is 3.64. The van der Waals surface area contributed by atoms with Crippen molar-refractivity contribution >= 4 is 17.4 Å². The Kier molecular flexibility index (Phi) is 3.46. The lowest BCUT2D eigenvalue weighted by Gasteiger charge is -2.07. The fourth-order valence-electron chi connectivity index (χ4n) is 1.35. The molecule has 0 saturated carbocycles. The van der Waals surface area contributed by atoms with Crippen LogP contribution in [0.2, 0.25) is 0 Å². The summed E-state index contributed by atoms with van der Waals surface area (Å²) in [6, 6.07) is 6.29. The number of nitrogens with two attached hydrogens (primary N) is 2. The van der Waals surface area contributed by atoms with E-state index in [-0.39, 0.29) is 10.8 Å². The van der Waals surface area contributed by atoms with E-state index in [1.54, 1.807) is 0 Å². The fourth-order valence-corrected chi connectivity index (χ4v) is 2.13. The minimum atomic E-state index is -4.68. The second-order valence-corrected chi connectivity index (χ2v) is 4.65. The zero-order valence-corrected chi connectivity index (χ0v) is 10.5. The predicted molar refractivity (Wildman–Crippen MR) is 64.9 cm³/mol.